The maximum atomic E-state index is 11.0. The van der Waals surface area contributed by atoms with E-state index in [4.69, 9.17) is 9.84 Å². The van der Waals surface area contributed by atoms with Crippen molar-refractivity contribution < 1.29 is 19.2 Å². The van der Waals surface area contributed by atoms with Gasteiger partial charge >= 0.3 is 11.7 Å². The van der Waals surface area contributed by atoms with Gasteiger partial charge in [-0.25, -0.2) is 4.79 Å². The van der Waals surface area contributed by atoms with Crippen LogP contribution in [0.5, 0.6) is 5.75 Å². The Bertz CT molecular complexity index is 897. The lowest BCUT2D eigenvalue weighted by Gasteiger charge is -2.07. The molecule has 3 aromatic rings. The molecule has 0 saturated carbocycles. The average Bonchev–Trinajstić information content (AvgIpc) is 2.97. The molecule has 118 valence electrons. The predicted molar refractivity (Wildman–Crippen MR) is 82.4 cm³/mol. The van der Waals surface area contributed by atoms with Gasteiger partial charge in [0.2, 0.25) is 0 Å². The SMILES string of the molecule is O=C(O)CCCOc1ccc2cc(-c3noc(=O)[nH]3)ccc2c1. The number of nitrogens with one attached hydrogen (secondary N) is 1. The highest BCUT2D eigenvalue weighted by molar-refractivity contribution is 5.87. The normalized spacial score (nSPS) is 10.8. The molecule has 23 heavy (non-hydrogen) atoms. The monoisotopic (exact) mass is 314 g/mol. The second-order valence-electron chi connectivity index (χ2n) is 5.01. The highest BCUT2D eigenvalue weighted by Crippen LogP contribution is 2.25. The number of carbonyl (C=O) groups is 1. The van der Waals surface area contributed by atoms with Crippen LogP contribution in [0, 0.1) is 0 Å². The van der Waals surface area contributed by atoms with Crippen molar-refractivity contribution in [2.75, 3.05) is 6.61 Å². The second kappa shape index (κ2) is 6.35. The minimum Gasteiger partial charge on any atom is -0.494 e. The van der Waals surface area contributed by atoms with Crippen molar-refractivity contribution in [3.05, 3.63) is 46.9 Å². The van der Waals surface area contributed by atoms with Crippen molar-refractivity contribution in [3.8, 4) is 17.1 Å². The third-order valence-corrected chi connectivity index (χ3v) is 3.33. The van der Waals surface area contributed by atoms with E-state index in [0.29, 0.717) is 24.6 Å². The fourth-order valence-corrected chi connectivity index (χ4v) is 2.23. The number of aromatic amines is 1. The summed E-state index contributed by atoms with van der Waals surface area (Å²) in [7, 11) is 0. The molecule has 0 bridgehead atoms. The summed E-state index contributed by atoms with van der Waals surface area (Å²) in [6, 6.07) is 11.2. The standard InChI is InChI=1S/C16H14N2O5/c19-14(20)2-1-7-22-13-6-5-10-8-12(4-3-11(10)9-13)15-17-16(21)23-18-15/h3-6,8-9H,1-2,7H2,(H,19,20)(H,17,18,21). The van der Waals surface area contributed by atoms with Crippen LogP contribution in [0.25, 0.3) is 22.2 Å². The Morgan fingerprint density at radius 3 is 2.74 bits per heavy atom. The van der Waals surface area contributed by atoms with E-state index in [9.17, 15) is 9.59 Å². The minimum atomic E-state index is -0.828. The molecule has 0 amide bonds. The summed E-state index contributed by atoms with van der Waals surface area (Å²) in [6.07, 6.45) is 0.554. The van der Waals surface area contributed by atoms with Crippen LogP contribution in [-0.4, -0.2) is 27.8 Å². The van der Waals surface area contributed by atoms with Crippen LogP contribution < -0.4 is 10.5 Å². The topological polar surface area (TPSA) is 105 Å². The lowest BCUT2D eigenvalue weighted by molar-refractivity contribution is -0.137. The molecule has 7 nitrogen and oxygen atoms in total. The van der Waals surface area contributed by atoms with Crippen LogP contribution in [0.1, 0.15) is 12.8 Å². The molecule has 0 aliphatic carbocycles. The number of benzene rings is 2. The number of rotatable bonds is 6. The number of hydrogen-bond donors (Lipinski definition) is 2. The van der Waals surface area contributed by atoms with Gasteiger partial charge in [0.15, 0.2) is 5.82 Å². The van der Waals surface area contributed by atoms with Crippen LogP contribution >= 0.6 is 0 Å². The van der Waals surface area contributed by atoms with Gasteiger partial charge in [-0.2, -0.15) is 0 Å². The molecule has 1 heterocycles. The largest absolute Gasteiger partial charge is 0.494 e. The van der Waals surface area contributed by atoms with Crippen molar-refractivity contribution >= 4 is 16.7 Å². The summed E-state index contributed by atoms with van der Waals surface area (Å²) >= 11 is 0. The van der Waals surface area contributed by atoms with Crippen LogP contribution in [0.2, 0.25) is 0 Å². The first-order valence-electron chi connectivity index (χ1n) is 7.06. The zero-order valence-corrected chi connectivity index (χ0v) is 12.1. The van der Waals surface area contributed by atoms with E-state index in [-0.39, 0.29) is 6.42 Å². The number of carboxylic acids is 1. The Morgan fingerprint density at radius 2 is 2.00 bits per heavy atom. The van der Waals surface area contributed by atoms with Gasteiger partial charge in [0.05, 0.1) is 6.61 Å². The molecular formula is C16H14N2O5. The highest BCUT2D eigenvalue weighted by Gasteiger charge is 2.06. The maximum Gasteiger partial charge on any atom is 0.439 e. The molecule has 0 aliphatic heterocycles. The van der Waals surface area contributed by atoms with Crippen molar-refractivity contribution in [3.63, 3.8) is 0 Å². The van der Waals surface area contributed by atoms with Crippen LogP contribution in [0.4, 0.5) is 0 Å². The van der Waals surface area contributed by atoms with Crippen LogP contribution in [0.3, 0.4) is 0 Å². The van der Waals surface area contributed by atoms with E-state index < -0.39 is 11.7 Å². The summed E-state index contributed by atoms with van der Waals surface area (Å²) < 4.78 is 10.0. The summed E-state index contributed by atoms with van der Waals surface area (Å²) in [5, 5.41) is 14.2. The van der Waals surface area contributed by atoms with E-state index in [1.165, 1.54) is 0 Å². The van der Waals surface area contributed by atoms with Gasteiger partial charge in [0.1, 0.15) is 5.75 Å². The molecule has 0 atom stereocenters. The van der Waals surface area contributed by atoms with E-state index in [1.807, 2.05) is 36.4 Å². The lowest BCUT2D eigenvalue weighted by Crippen LogP contribution is -2.01. The van der Waals surface area contributed by atoms with Gasteiger partial charge in [-0.15, -0.1) is 0 Å². The number of carboxylic acid groups (broad SMARTS) is 1. The Hall–Kier alpha value is -3.09. The van der Waals surface area contributed by atoms with Crippen molar-refractivity contribution in [2.24, 2.45) is 0 Å². The summed E-state index contributed by atoms with van der Waals surface area (Å²) in [4.78, 5) is 24.0. The van der Waals surface area contributed by atoms with Gasteiger partial charge in [-0.3, -0.25) is 14.3 Å². The zero-order chi connectivity index (χ0) is 16.2. The van der Waals surface area contributed by atoms with E-state index in [1.54, 1.807) is 0 Å². The molecule has 1 aromatic heterocycles. The summed E-state index contributed by atoms with van der Waals surface area (Å²) in [5.74, 6) is -0.355. The lowest BCUT2D eigenvalue weighted by atomic mass is 10.1. The Labute approximate surface area is 130 Å². The summed E-state index contributed by atoms with van der Waals surface area (Å²) in [5.41, 5.74) is 0.749. The first-order chi connectivity index (χ1) is 11.1. The molecule has 0 aliphatic rings. The second-order valence-corrected chi connectivity index (χ2v) is 5.01. The molecule has 7 heteroatoms. The van der Waals surface area contributed by atoms with Gasteiger partial charge in [-0.05, 0) is 35.4 Å². The maximum absolute atomic E-state index is 11.0. The Balaban J connectivity index is 1.76. The molecule has 2 N–H and O–H groups in total. The minimum absolute atomic E-state index is 0.0901. The Morgan fingerprint density at radius 1 is 1.22 bits per heavy atom. The molecule has 3 rings (SSSR count). The van der Waals surface area contributed by atoms with Crippen molar-refractivity contribution in [2.45, 2.75) is 12.8 Å². The smallest absolute Gasteiger partial charge is 0.439 e. The quantitative estimate of drug-likeness (QED) is 0.677. The average molecular weight is 314 g/mol. The highest BCUT2D eigenvalue weighted by atomic mass is 16.5. The number of aromatic nitrogens is 2. The molecule has 0 spiro atoms. The fourth-order valence-electron chi connectivity index (χ4n) is 2.23. The van der Waals surface area contributed by atoms with Gasteiger partial charge < -0.3 is 9.84 Å². The van der Waals surface area contributed by atoms with E-state index >= 15 is 0 Å². The molecule has 0 fully saturated rings. The molecule has 0 saturated heterocycles. The van der Waals surface area contributed by atoms with E-state index in [0.717, 1.165) is 16.3 Å². The third-order valence-electron chi connectivity index (χ3n) is 3.33. The number of nitrogens with zero attached hydrogens (tertiary/aromatic N) is 1. The fraction of sp³-hybridized carbons (Fsp3) is 0.188. The number of H-pyrrole nitrogens is 1. The molecular weight excluding hydrogens is 300 g/mol. The van der Waals surface area contributed by atoms with Crippen molar-refractivity contribution in [1.29, 1.82) is 0 Å². The molecule has 2 aromatic carbocycles. The number of fused-ring (bicyclic) bond motifs is 1. The number of ether oxygens (including phenoxy) is 1. The first kappa shape index (κ1) is 14.8. The first-order valence-corrected chi connectivity index (χ1v) is 7.06. The zero-order valence-electron chi connectivity index (χ0n) is 12.1. The third kappa shape index (κ3) is 3.57. The number of aliphatic carboxylic acids is 1. The molecule has 0 radical (unpaired) electrons. The Kier molecular flexibility index (Phi) is 4.09. The predicted octanol–water partition coefficient (Wildman–Crippen LogP) is 2.43. The van der Waals surface area contributed by atoms with Gasteiger partial charge in [0, 0.05) is 12.0 Å². The van der Waals surface area contributed by atoms with Gasteiger partial charge in [-0.1, -0.05) is 23.4 Å². The van der Waals surface area contributed by atoms with E-state index in [2.05, 4.69) is 14.7 Å². The van der Waals surface area contributed by atoms with Gasteiger partial charge in [0.25, 0.3) is 0 Å². The van der Waals surface area contributed by atoms with Crippen LogP contribution in [-0.2, 0) is 4.79 Å². The molecule has 0 unspecified atom stereocenters. The van der Waals surface area contributed by atoms with Crippen molar-refractivity contribution in [1.82, 2.24) is 10.1 Å². The van der Waals surface area contributed by atoms with Crippen LogP contribution in [0.15, 0.2) is 45.7 Å². The number of hydrogen-bond acceptors (Lipinski definition) is 5. The summed E-state index contributed by atoms with van der Waals surface area (Å²) in [6.45, 7) is 0.357.